The van der Waals surface area contributed by atoms with Gasteiger partial charge in [0.1, 0.15) is 11.6 Å². The normalized spacial score (nSPS) is 31.7. The molecule has 8 nitrogen and oxygen atoms in total. The van der Waals surface area contributed by atoms with E-state index < -0.39 is 35.6 Å². The maximum absolute atomic E-state index is 13.6. The Morgan fingerprint density at radius 1 is 1.40 bits per heavy atom. The van der Waals surface area contributed by atoms with Gasteiger partial charge in [-0.05, 0) is 33.1 Å². The molecule has 1 N–H and O–H groups in total. The number of rotatable bonds is 10. The van der Waals surface area contributed by atoms with Crippen molar-refractivity contribution in [3.63, 3.8) is 0 Å². The lowest BCUT2D eigenvalue weighted by atomic mass is 9.70. The van der Waals surface area contributed by atoms with E-state index in [0.717, 1.165) is 0 Å². The van der Waals surface area contributed by atoms with E-state index in [1.165, 1.54) is 4.90 Å². The fourth-order valence-electron chi connectivity index (χ4n) is 5.24. The van der Waals surface area contributed by atoms with Crippen LogP contribution in [0.4, 0.5) is 0 Å². The molecule has 166 valence electrons. The highest BCUT2D eigenvalue weighted by atomic mass is 16.6. The average Bonchev–Trinajstić information content (AvgIpc) is 3.34. The molecule has 3 heterocycles. The summed E-state index contributed by atoms with van der Waals surface area (Å²) in [4.78, 5) is 42.9. The zero-order valence-electron chi connectivity index (χ0n) is 17.8. The van der Waals surface area contributed by atoms with Gasteiger partial charge in [-0.1, -0.05) is 12.2 Å². The van der Waals surface area contributed by atoms with Crippen LogP contribution in [0.1, 0.15) is 33.1 Å². The molecule has 0 aromatic rings. The van der Waals surface area contributed by atoms with Crippen molar-refractivity contribution in [2.24, 2.45) is 11.8 Å². The predicted molar refractivity (Wildman–Crippen MR) is 109 cm³/mol. The lowest BCUT2D eigenvalue weighted by molar-refractivity contribution is -0.155. The molecule has 30 heavy (non-hydrogen) atoms. The minimum Gasteiger partial charge on any atom is -0.465 e. The maximum atomic E-state index is 13.6. The van der Waals surface area contributed by atoms with E-state index in [0.29, 0.717) is 25.8 Å². The fraction of sp³-hybridized carbons (Fsp3) is 0.682. The fourth-order valence-corrected chi connectivity index (χ4v) is 5.24. The second-order valence-corrected chi connectivity index (χ2v) is 8.43. The van der Waals surface area contributed by atoms with Gasteiger partial charge in [0.25, 0.3) is 0 Å². The molecule has 0 saturated carbocycles. The van der Waals surface area contributed by atoms with Gasteiger partial charge < -0.3 is 24.4 Å². The van der Waals surface area contributed by atoms with Crippen molar-refractivity contribution in [3.8, 4) is 0 Å². The first-order valence-electron chi connectivity index (χ1n) is 10.6. The molecule has 1 spiro atoms. The van der Waals surface area contributed by atoms with Crippen LogP contribution in [-0.2, 0) is 23.9 Å². The van der Waals surface area contributed by atoms with Crippen molar-refractivity contribution in [2.45, 2.75) is 56.9 Å². The molecular formula is C22H32N2O6. The molecule has 2 bridgehead atoms. The summed E-state index contributed by atoms with van der Waals surface area (Å²) in [7, 11) is 0. The van der Waals surface area contributed by atoms with Crippen LogP contribution >= 0.6 is 0 Å². The van der Waals surface area contributed by atoms with Crippen molar-refractivity contribution in [1.29, 1.82) is 0 Å². The number of likely N-dealkylation sites (tertiary alicyclic amines) is 1. The third-order valence-electron chi connectivity index (χ3n) is 6.45. The van der Waals surface area contributed by atoms with Crippen LogP contribution in [0.3, 0.4) is 0 Å². The molecule has 3 saturated heterocycles. The number of β-amino-alcohol motifs (C(OH)–C–C–N with tert-alkyl or cyclic N) is 1. The third-order valence-corrected chi connectivity index (χ3v) is 6.45. The Bertz CT molecular complexity index is 722. The number of carbonyl (C=O) groups excluding carboxylic acids is 3. The summed E-state index contributed by atoms with van der Waals surface area (Å²) >= 11 is 0. The van der Waals surface area contributed by atoms with Crippen LogP contribution in [-0.4, -0.2) is 82.8 Å². The summed E-state index contributed by atoms with van der Waals surface area (Å²) in [5, 5.41) is 9.57. The minimum absolute atomic E-state index is 0.0137. The van der Waals surface area contributed by atoms with Crippen LogP contribution in [0.15, 0.2) is 25.3 Å². The second kappa shape index (κ2) is 8.89. The van der Waals surface area contributed by atoms with E-state index in [-0.39, 0.29) is 37.6 Å². The average molecular weight is 421 g/mol. The molecule has 3 aliphatic rings. The van der Waals surface area contributed by atoms with Crippen molar-refractivity contribution in [2.75, 3.05) is 26.3 Å². The number of nitrogens with zero attached hydrogens (tertiary/aromatic N) is 2. The van der Waals surface area contributed by atoms with E-state index in [2.05, 4.69) is 13.2 Å². The Kier molecular flexibility index (Phi) is 6.67. The molecule has 2 unspecified atom stereocenters. The SMILES string of the molecule is C=CCCOC(=O)[C@@H]1[C@@H]2CCC3(O2)C(C(=O)N(CC=C)C(C)C)N(CCO)C(=O)[C@H]13. The van der Waals surface area contributed by atoms with Gasteiger partial charge in [-0.2, -0.15) is 0 Å². The molecular weight excluding hydrogens is 388 g/mol. The highest BCUT2D eigenvalue weighted by molar-refractivity contribution is 5.98. The van der Waals surface area contributed by atoms with E-state index in [1.807, 2.05) is 13.8 Å². The van der Waals surface area contributed by atoms with Crippen molar-refractivity contribution in [1.82, 2.24) is 9.80 Å². The summed E-state index contributed by atoms with van der Waals surface area (Å²) in [5.41, 5.74) is -1.07. The number of aliphatic hydroxyl groups is 1. The van der Waals surface area contributed by atoms with E-state index in [4.69, 9.17) is 9.47 Å². The first-order valence-corrected chi connectivity index (χ1v) is 10.6. The smallest absolute Gasteiger partial charge is 0.312 e. The molecule has 0 aromatic heterocycles. The molecule has 3 fully saturated rings. The van der Waals surface area contributed by atoms with Gasteiger partial charge in [0.15, 0.2) is 0 Å². The second-order valence-electron chi connectivity index (χ2n) is 8.43. The number of hydrogen-bond donors (Lipinski definition) is 1. The molecule has 2 amide bonds. The number of hydrogen-bond acceptors (Lipinski definition) is 6. The topological polar surface area (TPSA) is 96.4 Å². The van der Waals surface area contributed by atoms with Crippen LogP contribution in [0.5, 0.6) is 0 Å². The number of fused-ring (bicyclic) bond motifs is 1. The largest absolute Gasteiger partial charge is 0.465 e. The summed E-state index contributed by atoms with van der Waals surface area (Å²) in [6.45, 7) is 11.4. The quantitative estimate of drug-likeness (QED) is 0.320. The Morgan fingerprint density at radius 2 is 2.13 bits per heavy atom. The number of carbonyl (C=O) groups is 3. The van der Waals surface area contributed by atoms with Crippen LogP contribution in [0, 0.1) is 11.8 Å². The Balaban J connectivity index is 1.96. The summed E-state index contributed by atoms with van der Waals surface area (Å²) in [5.74, 6) is -2.54. The van der Waals surface area contributed by atoms with Gasteiger partial charge in [0.05, 0.1) is 31.2 Å². The summed E-state index contributed by atoms with van der Waals surface area (Å²) in [6, 6.07) is -0.976. The lowest BCUT2D eigenvalue weighted by Gasteiger charge is -2.38. The van der Waals surface area contributed by atoms with Crippen molar-refractivity contribution < 1.29 is 29.0 Å². The first kappa shape index (κ1) is 22.5. The first-order chi connectivity index (χ1) is 14.3. The molecule has 3 rings (SSSR count). The molecule has 0 aromatic carbocycles. The van der Waals surface area contributed by atoms with Gasteiger partial charge in [0.2, 0.25) is 11.8 Å². The Morgan fingerprint density at radius 3 is 2.73 bits per heavy atom. The molecule has 0 aliphatic carbocycles. The maximum Gasteiger partial charge on any atom is 0.312 e. The number of esters is 1. The van der Waals surface area contributed by atoms with Crippen molar-refractivity contribution >= 4 is 17.8 Å². The minimum atomic E-state index is -1.07. The van der Waals surface area contributed by atoms with E-state index in [9.17, 15) is 19.5 Å². The Labute approximate surface area is 177 Å². The van der Waals surface area contributed by atoms with Gasteiger partial charge in [-0.15, -0.1) is 13.2 Å². The van der Waals surface area contributed by atoms with Crippen LogP contribution < -0.4 is 0 Å². The lowest BCUT2D eigenvalue weighted by Crippen LogP contribution is -2.57. The zero-order chi connectivity index (χ0) is 22.1. The highest BCUT2D eigenvalue weighted by Gasteiger charge is 2.75. The van der Waals surface area contributed by atoms with Gasteiger partial charge in [-0.25, -0.2) is 0 Å². The number of amides is 2. The number of ether oxygens (including phenoxy) is 2. The van der Waals surface area contributed by atoms with Gasteiger partial charge in [0, 0.05) is 19.1 Å². The Hall–Kier alpha value is -2.19. The summed E-state index contributed by atoms with van der Waals surface area (Å²) < 4.78 is 11.6. The van der Waals surface area contributed by atoms with Gasteiger partial charge in [-0.3, -0.25) is 14.4 Å². The third kappa shape index (κ3) is 3.46. The number of aliphatic hydroxyl groups excluding tert-OH is 1. The van der Waals surface area contributed by atoms with Crippen LogP contribution in [0.25, 0.3) is 0 Å². The summed E-state index contributed by atoms with van der Waals surface area (Å²) in [6.07, 6.45) is 4.50. The van der Waals surface area contributed by atoms with Gasteiger partial charge >= 0.3 is 5.97 Å². The monoisotopic (exact) mass is 420 g/mol. The predicted octanol–water partition coefficient (Wildman–Crippen LogP) is 0.896. The zero-order valence-corrected chi connectivity index (χ0v) is 17.8. The molecule has 5 atom stereocenters. The highest BCUT2D eigenvalue weighted by Crippen LogP contribution is 2.58. The van der Waals surface area contributed by atoms with Crippen LogP contribution in [0.2, 0.25) is 0 Å². The van der Waals surface area contributed by atoms with Crippen molar-refractivity contribution in [3.05, 3.63) is 25.3 Å². The van der Waals surface area contributed by atoms with E-state index in [1.54, 1.807) is 17.1 Å². The standard InChI is InChI=1S/C22H32N2O6/c1-5-7-13-29-21(28)16-15-8-9-22(30-15)17(16)19(26)24(11-12-25)18(22)20(27)23(10-6-2)14(3)4/h5-6,14-18,25H,1-2,7-13H2,3-4H3/t15-,16+,17-,18?,22?/m0/s1. The molecule has 0 radical (unpaired) electrons. The van der Waals surface area contributed by atoms with E-state index >= 15 is 0 Å². The molecule has 3 aliphatic heterocycles. The molecule has 8 heteroatoms.